The van der Waals surface area contributed by atoms with Crippen molar-refractivity contribution in [3.8, 4) is 0 Å². The molecule has 0 aromatic rings. The molecular weight excluding hydrogens is 252 g/mol. The van der Waals surface area contributed by atoms with Gasteiger partial charge in [0.15, 0.2) is 0 Å². The lowest BCUT2D eigenvalue weighted by molar-refractivity contribution is -0.166. The normalized spacial score (nSPS) is 21.4. The minimum atomic E-state index is -0.819. The quantitative estimate of drug-likeness (QED) is 0.531. The summed E-state index contributed by atoms with van der Waals surface area (Å²) in [5.74, 6) is -2.19. The summed E-state index contributed by atoms with van der Waals surface area (Å²) in [6, 6.07) is 0. The van der Waals surface area contributed by atoms with Crippen LogP contribution in [0, 0.1) is 11.8 Å². The van der Waals surface area contributed by atoms with Gasteiger partial charge in [-0.05, 0) is 13.3 Å². The highest BCUT2D eigenvalue weighted by atomic mass is 16.6. The van der Waals surface area contributed by atoms with Crippen LogP contribution in [0.5, 0.6) is 0 Å². The van der Waals surface area contributed by atoms with Gasteiger partial charge in [0.1, 0.15) is 6.61 Å². The zero-order chi connectivity index (χ0) is 14.4. The van der Waals surface area contributed by atoms with Crippen LogP contribution >= 0.6 is 0 Å². The summed E-state index contributed by atoms with van der Waals surface area (Å²) in [5, 5.41) is 0. The maximum absolute atomic E-state index is 11.7. The van der Waals surface area contributed by atoms with E-state index in [-0.39, 0.29) is 25.1 Å². The molecule has 1 rings (SSSR count). The van der Waals surface area contributed by atoms with Gasteiger partial charge in [0.05, 0.1) is 18.4 Å². The summed E-state index contributed by atoms with van der Waals surface area (Å²) >= 11 is 0. The molecule has 1 aliphatic heterocycles. The monoisotopic (exact) mass is 272 g/mol. The first kappa shape index (κ1) is 15.5. The van der Waals surface area contributed by atoms with E-state index >= 15 is 0 Å². The molecule has 108 valence electrons. The van der Waals surface area contributed by atoms with E-state index in [1.807, 2.05) is 6.92 Å². The predicted octanol–water partition coefficient (Wildman–Crippen LogP) is 1.07. The maximum Gasteiger partial charge on any atom is 0.347 e. The van der Waals surface area contributed by atoms with Crippen molar-refractivity contribution in [2.24, 2.45) is 11.8 Å². The van der Waals surface area contributed by atoms with Gasteiger partial charge in [0, 0.05) is 6.42 Å². The molecule has 0 bridgehead atoms. The molecule has 1 fully saturated rings. The number of rotatable bonds is 6. The first-order valence-electron chi connectivity index (χ1n) is 6.49. The zero-order valence-electron chi connectivity index (χ0n) is 11.5. The number of ether oxygens (including phenoxy) is 3. The molecule has 0 aliphatic carbocycles. The number of esters is 3. The average molecular weight is 272 g/mol. The van der Waals surface area contributed by atoms with Crippen molar-refractivity contribution in [1.29, 1.82) is 0 Å². The first-order chi connectivity index (χ1) is 8.95. The molecule has 3 unspecified atom stereocenters. The van der Waals surface area contributed by atoms with Crippen LogP contribution in [0.3, 0.4) is 0 Å². The third kappa shape index (κ3) is 4.54. The molecule has 6 heteroatoms. The summed E-state index contributed by atoms with van der Waals surface area (Å²) in [6.07, 6.45) is 0.246. The molecule has 1 heterocycles. The highest BCUT2D eigenvalue weighted by molar-refractivity contribution is 5.81. The lowest BCUT2D eigenvalue weighted by Crippen LogP contribution is -2.29. The molecule has 0 radical (unpaired) electrons. The molecule has 1 aliphatic rings. The Balaban J connectivity index is 2.32. The number of carbonyl (C=O) groups is 3. The second-order valence-corrected chi connectivity index (χ2v) is 4.72. The summed E-state index contributed by atoms with van der Waals surface area (Å²) in [5.41, 5.74) is 0. The minimum absolute atomic E-state index is 0.0379. The van der Waals surface area contributed by atoms with E-state index in [9.17, 15) is 14.4 Å². The second kappa shape index (κ2) is 7.11. The molecule has 0 aromatic heterocycles. The van der Waals surface area contributed by atoms with Crippen LogP contribution < -0.4 is 0 Å². The molecular formula is C13H20O6. The van der Waals surface area contributed by atoms with Gasteiger partial charge in [-0.1, -0.05) is 13.8 Å². The number of hydrogen-bond donors (Lipinski definition) is 0. The highest BCUT2D eigenvalue weighted by Gasteiger charge is 2.32. The maximum atomic E-state index is 11.7. The van der Waals surface area contributed by atoms with Crippen molar-refractivity contribution in [2.75, 3.05) is 13.2 Å². The molecule has 0 aromatic carbocycles. The van der Waals surface area contributed by atoms with Gasteiger partial charge in [0.25, 0.3) is 0 Å². The molecule has 0 saturated carbocycles. The lowest BCUT2D eigenvalue weighted by atomic mass is 10.1. The van der Waals surface area contributed by atoms with E-state index in [0.717, 1.165) is 0 Å². The van der Waals surface area contributed by atoms with Crippen molar-refractivity contribution in [1.82, 2.24) is 0 Å². The number of carbonyl (C=O) groups excluding carboxylic acids is 3. The number of cyclic esters (lactones) is 1. The molecule has 0 N–H and O–H groups in total. The Bertz CT molecular complexity index is 351. The van der Waals surface area contributed by atoms with Crippen LogP contribution in [-0.2, 0) is 28.6 Å². The fourth-order valence-corrected chi connectivity index (χ4v) is 1.42. The average Bonchev–Trinajstić information content (AvgIpc) is 2.79. The Labute approximate surface area is 112 Å². The van der Waals surface area contributed by atoms with Crippen molar-refractivity contribution < 1.29 is 28.6 Å². The third-order valence-corrected chi connectivity index (χ3v) is 3.04. The van der Waals surface area contributed by atoms with E-state index in [2.05, 4.69) is 4.74 Å². The molecule has 3 atom stereocenters. The molecule has 1 saturated heterocycles. The Morgan fingerprint density at radius 2 is 2.00 bits per heavy atom. The lowest BCUT2D eigenvalue weighted by Gasteiger charge is -2.15. The van der Waals surface area contributed by atoms with Gasteiger partial charge >= 0.3 is 17.9 Å². The van der Waals surface area contributed by atoms with Crippen molar-refractivity contribution in [3.05, 3.63) is 0 Å². The van der Waals surface area contributed by atoms with Gasteiger partial charge < -0.3 is 14.2 Å². The van der Waals surface area contributed by atoms with Gasteiger partial charge in [0.2, 0.25) is 6.10 Å². The molecule has 6 nitrogen and oxygen atoms in total. The van der Waals surface area contributed by atoms with Crippen LogP contribution in [-0.4, -0.2) is 37.2 Å². The van der Waals surface area contributed by atoms with Crippen LogP contribution in [0.25, 0.3) is 0 Å². The van der Waals surface area contributed by atoms with Crippen LogP contribution in [0.1, 0.15) is 33.6 Å². The Morgan fingerprint density at radius 1 is 1.32 bits per heavy atom. The van der Waals surface area contributed by atoms with E-state index in [0.29, 0.717) is 12.8 Å². The fraction of sp³-hybridized carbons (Fsp3) is 0.769. The third-order valence-electron chi connectivity index (χ3n) is 3.04. The SMILES string of the molecule is CCC(C)C(=O)OCC(C)C(=O)OC1CCOC1=O. The minimum Gasteiger partial charge on any atom is -0.465 e. The van der Waals surface area contributed by atoms with Crippen molar-refractivity contribution in [3.63, 3.8) is 0 Å². The van der Waals surface area contributed by atoms with Crippen LogP contribution in [0.15, 0.2) is 0 Å². The van der Waals surface area contributed by atoms with E-state index < -0.39 is 24.0 Å². The van der Waals surface area contributed by atoms with Crippen LogP contribution in [0.2, 0.25) is 0 Å². The van der Waals surface area contributed by atoms with E-state index in [1.54, 1.807) is 13.8 Å². The largest absolute Gasteiger partial charge is 0.465 e. The second-order valence-electron chi connectivity index (χ2n) is 4.72. The Hall–Kier alpha value is -1.59. The van der Waals surface area contributed by atoms with Gasteiger partial charge in [-0.25, -0.2) is 4.79 Å². The zero-order valence-corrected chi connectivity index (χ0v) is 11.5. The summed E-state index contributed by atoms with van der Waals surface area (Å²) in [7, 11) is 0. The smallest absolute Gasteiger partial charge is 0.347 e. The highest BCUT2D eigenvalue weighted by Crippen LogP contribution is 2.13. The number of hydrogen-bond acceptors (Lipinski definition) is 6. The van der Waals surface area contributed by atoms with Crippen molar-refractivity contribution >= 4 is 17.9 Å². The van der Waals surface area contributed by atoms with Gasteiger partial charge in [-0.3, -0.25) is 9.59 Å². The van der Waals surface area contributed by atoms with E-state index in [4.69, 9.17) is 9.47 Å². The topological polar surface area (TPSA) is 78.9 Å². The fourth-order valence-electron chi connectivity index (χ4n) is 1.42. The summed E-state index contributed by atoms with van der Waals surface area (Å²) < 4.78 is 14.7. The van der Waals surface area contributed by atoms with Crippen LogP contribution in [0.4, 0.5) is 0 Å². The van der Waals surface area contributed by atoms with Gasteiger partial charge in [-0.15, -0.1) is 0 Å². The Morgan fingerprint density at radius 3 is 2.53 bits per heavy atom. The summed E-state index contributed by atoms with van der Waals surface area (Å²) in [4.78, 5) is 34.3. The molecule has 0 spiro atoms. The summed E-state index contributed by atoms with van der Waals surface area (Å²) in [6.45, 7) is 5.47. The molecule has 19 heavy (non-hydrogen) atoms. The standard InChI is InChI=1S/C13H20O6/c1-4-8(2)11(14)18-7-9(3)12(15)19-10-5-6-17-13(10)16/h8-10H,4-7H2,1-3H3. The first-order valence-corrected chi connectivity index (χ1v) is 6.49. The predicted molar refractivity (Wildman–Crippen MR) is 65.0 cm³/mol. The van der Waals surface area contributed by atoms with E-state index in [1.165, 1.54) is 0 Å². The van der Waals surface area contributed by atoms with Crippen molar-refractivity contribution in [2.45, 2.75) is 39.7 Å². The van der Waals surface area contributed by atoms with Gasteiger partial charge in [-0.2, -0.15) is 0 Å². The Kier molecular flexibility index (Phi) is 5.79. The molecule has 0 amide bonds.